The van der Waals surface area contributed by atoms with Crippen LogP contribution < -0.4 is 4.90 Å². The van der Waals surface area contributed by atoms with E-state index in [-0.39, 0.29) is 0 Å². The number of anilines is 1. The molecule has 2 aromatic rings. The molecule has 21 heavy (non-hydrogen) atoms. The van der Waals surface area contributed by atoms with E-state index in [0.29, 0.717) is 0 Å². The molecule has 3 rings (SSSR count). The van der Waals surface area contributed by atoms with E-state index in [1.54, 1.807) is 0 Å². The van der Waals surface area contributed by atoms with Crippen LogP contribution in [0.2, 0.25) is 0 Å². The molecule has 1 fully saturated rings. The van der Waals surface area contributed by atoms with E-state index in [2.05, 4.69) is 56.2 Å². The number of benzene rings is 2. The van der Waals surface area contributed by atoms with E-state index >= 15 is 0 Å². The fourth-order valence-corrected chi connectivity index (χ4v) is 3.01. The molecule has 2 nitrogen and oxygen atoms in total. The molecule has 0 bridgehead atoms. The van der Waals surface area contributed by atoms with Crippen molar-refractivity contribution in [2.75, 3.05) is 18.0 Å². The maximum Gasteiger partial charge on any atom is 0.0631 e. The fraction of sp³-hybridized carbons (Fsp3) is 0.278. The summed E-state index contributed by atoms with van der Waals surface area (Å²) in [5.41, 5.74) is 3.40. The Labute approximate surface area is 134 Å². The van der Waals surface area contributed by atoms with Crippen molar-refractivity contribution in [3.8, 4) is 0 Å². The van der Waals surface area contributed by atoms with Crippen LogP contribution in [-0.4, -0.2) is 19.3 Å². The SMILES string of the molecule is Brc1ccccc1C=Nc1ccc(N2CCCCC2)cc1. The first-order chi connectivity index (χ1) is 10.3. The van der Waals surface area contributed by atoms with Crippen LogP contribution in [-0.2, 0) is 0 Å². The van der Waals surface area contributed by atoms with Gasteiger partial charge in [0.05, 0.1) is 5.69 Å². The number of aliphatic imine (C=N–C) groups is 1. The highest BCUT2D eigenvalue weighted by atomic mass is 79.9. The minimum absolute atomic E-state index is 0.992. The van der Waals surface area contributed by atoms with Gasteiger partial charge in [-0.15, -0.1) is 0 Å². The Morgan fingerprint density at radius 1 is 0.905 bits per heavy atom. The first kappa shape index (κ1) is 14.3. The van der Waals surface area contributed by atoms with Crippen LogP contribution in [0.1, 0.15) is 24.8 Å². The Morgan fingerprint density at radius 2 is 1.62 bits per heavy atom. The molecule has 0 spiro atoms. The third kappa shape index (κ3) is 3.73. The molecule has 0 aliphatic carbocycles. The van der Waals surface area contributed by atoms with Gasteiger partial charge in [-0.2, -0.15) is 0 Å². The number of halogens is 1. The zero-order valence-electron chi connectivity index (χ0n) is 12.0. The standard InChI is InChI=1S/C18H19BrN2/c19-18-7-3-2-6-15(18)14-20-16-8-10-17(11-9-16)21-12-4-1-5-13-21/h2-3,6-11,14H,1,4-5,12-13H2. The summed E-state index contributed by atoms with van der Waals surface area (Å²) in [6.45, 7) is 2.36. The van der Waals surface area contributed by atoms with Gasteiger partial charge in [-0.25, -0.2) is 0 Å². The summed E-state index contributed by atoms with van der Waals surface area (Å²) in [6, 6.07) is 16.7. The molecule has 1 heterocycles. The topological polar surface area (TPSA) is 15.6 Å². The van der Waals surface area contributed by atoms with Crippen molar-refractivity contribution in [1.82, 2.24) is 0 Å². The summed E-state index contributed by atoms with van der Waals surface area (Å²) in [5.74, 6) is 0. The van der Waals surface area contributed by atoms with Crippen LogP contribution in [0, 0.1) is 0 Å². The van der Waals surface area contributed by atoms with Crippen molar-refractivity contribution in [2.45, 2.75) is 19.3 Å². The van der Waals surface area contributed by atoms with Gasteiger partial charge in [-0.05, 0) is 49.6 Å². The van der Waals surface area contributed by atoms with Gasteiger partial charge in [0, 0.05) is 35.0 Å². The van der Waals surface area contributed by atoms with E-state index in [1.807, 2.05) is 24.4 Å². The summed E-state index contributed by atoms with van der Waals surface area (Å²) >= 11 is 3.54. The molecule has 0 N–H and O–H groups in total. The highest BCUT2D eigenvalue weighted by Gasteiger charge is 2.10. The van der Waals surface area contributed by atoms with Crippen LogP contribution in [0.3, 0.4) is 0 Å². The average molecular weight is 343 g/mol. The molecule has 0 amide bonds. The molecule has 0 saturated carbocycles. The molecule has 1 aliphatic heterocycles. The summed E-state index contributed by atoms with van der Waals surface area (Å²) in [6.07, 6.45) is 5.88. The van der Waals surface area contributed by atoms with Crippen molar-refractivity contribution in [3.63, 3.8) is 0 Å². The molecule has 1 saturated heterocycles. The second-order valence-corrected chi connectivity index (χ2v) is 6.20. The van der Waals surface area contributed by atoms with Crippen LogP contribution in [0.25, 0.3) is 0 Å². The predicted molar refractivity (Wildman–Crippen MR) is 93.9 cm³/mol. The lowest BCUT2D eigenvalue weighted by Gasteiger charge is -2.28. The predicted octanol–water partition coefficient (Wildman–Crippen LogP) is 5.19. The van der Waals surface area contributed by atoms with Crippen molar-refractivity contribution in [3.05, 3.63) is 58.6 Å². The number of piperidine rings is 1. The lowest BCUT2D eigenvalue weighted by Crippen LogP contribution is -2.29. The minimum atomic E-state index is 0.992. The summed E-state index contributed by atoms with van der Waals surface area (Å²) in [7, 11) is 0. The smallest absolute Gasteiger partial charge is 0.0631 e. The van der Waals surface area contributed by atoms with Gasteiger partial charge in [0.1, 0.15) is 0 Å². The Kier molecular flexibility index (Phi) is 4.71. The van der Waals surface area contributed by atoms with Crippen LogP contribution in [0.15, 0.2) is 58.0 Å². The average Bonchev–Trinajstić information content (AvgIpc) is 2.55. The highest BCUT2D eigenvalue weighted by Crippen LogP contribution is 2.23. The van der Waals surface area contributed by atoms with E-state index in [1.165, 1.54) is 38.0 Å². The third-order valence-electron chi connectivity index (χ3n) is 3.83. The van der Waals surface area contributed by atoms with Gasteiger partial charge < -0.3 is 4.90 Å². The van der Waals surface area contributed by atoms with Gasteiger partial charge >= 0.3 is 0 Å². The van der Waals surface area contributed by atoms with Crippen molar-refractivity contribution >= 4 is 33.5 Å². The van der Waals surface area contributed by atoms with Gasteiger partial charge in [0.25, 0.3) is 0 Å². The molecule has 2 aromatic carbocycles. The first-order valence-electron chi connectivity index (χ1n) is 7.46. The number of nitrogens with zero attached hydrogens (tertiary/aromatic N) is 2. The van der Waals surface area contributed by atoms with Crippen LogP contribution in [0.4, 0.5) is 11.4 Å². The number of rotatable bonds is 3. The monoisotopic (exact) mass is 342 g/mol. The zero-order valence-corrected chi connectivity index (χ0v) is 13.6. The maximum atomic E-state index is 4.55. The van der Waals surface area contributed by atoms with Gasteiger partial charge in [0.2, 0.25) is 0 Å². The Hall–Kier alpha value is -1.61. The lowest BCUT2D eigenvalue weighted by molar-refractivity contribution is 0.578. The largest absolute Gasteiger partial charge is 0.372 e. The molecule has 0 radical (unpaired) electrons. The van der Waals surface area contributed by atoms with Gasteiger partial charge in [-0.1, -0.05) is 34.1 Å². The van der Waals surface area contributed by atoms with E-state index in [9.17, 15) is 0 Å². The first-order valence-corrected chi connectivity index (χ1v) is 8.26. The normalized spacial score (nSPS) is 15.6. The van der Waals surface area contributed by atoms with Crippen LogP contribution in [0.5, 0.6) is 0 Å². The number of hydrogen-bond donors (Lipinski definition) is 0. The summed E-state index contributed by atoms with van der Waals surface area (Å²) in [5, 5.41) is 0. The molecule has 0 unspecified atom stereocenters. The molecule has 108 valence electrons. The quantitative estimate of drug-likeness (QED) is 0.700. The lowest BCUT2D eigenvalue weighted by atomic mass is 10.1. The maximum absolute atomic E-state index is 4.55. The Bertz CT molecular complexity index is 613. The van der Waals surface area contributed by atoms with E-state index < -0.39 is 0 Å². The van der Waals surface area contributed by atoms with E-state index in [0.717, 1.165) is 15.7 Å². The van der Waals surface area contributed by atoms with Gasteiger partial charge in [-0.3, -0.25) is 4.99 Å². The highest BCUT2D eigenvalue weighted by molar-refractivity contribution is 9.10. The molecule has 1 aliphatic rings. The summed E-state index contributed by atoms with van der Waals surface area (Å²) in [4.78, 5) is 7.01. The zero-order chi connectivity index (χ0) is 14.5. The number of hydrogen-bond acceptors (Lipinski definition) is 2. The Balaban J connectivity index is 1.71. The Morgan fingerprint density at radius 3 is 2.33 bits per heavy atom. The van der Waals surface area contributed by atoms with Gasteiger partial charge in [0.15, 0.2) is 0 Å². The van der Waals surface area contributed by atoms with Crippen molar-refractivity contribution in [1.29, 1.82) is 0 Å². The molecule has 3 heteroatoms. The molecule has 0 atom stereocenters. The van der Waals surface area contributed by atoms with Crippen LogP contribution >= 0.6 is 15.9 Å². The summed E-state index contributed by atoms with van der Waals surface area (Å²) < 4.78 is 1.07. The molecule has 0 aromatic heterocycles. The molecular formula is C18H19BrN2. The van der Waals surface area contributed by atoms with Crippen molar-refractivity contribution in [2.24, 2.45) is 4.99 Å². The minimum Gasteiger partial charge on any atom is -0.372 e. The second-order valence-electron chi connectivity index (χ2n) is 5.34. The van der Waals surface area contributed by atoms with E-state index in [4.69, 9.17) is 0 Å². The fourth-order valence-electron chi connectivity index (χ4n) is 2.63. The second kappa shape index (κ2) is 6.90. The third-order valence-corrected chi connectivity index (χ3v) is 4.55. The molecular weight excluding hydrogens is 324 g/mol. The van der Waals surface area contributed by atoms with Crippen molar-refractivity contribution < 1.29 is 0 Å².